The molecule has 0 saturated carbocycles. The van der Waals surface area contributed by atoms with Crippen molar-refractivity contribution in [2.45, 2.75) is 31.3 Å². The Hall–Kier alpha value is -1.37. The fourth-order valence-corrected chi connectivity index (χ4v) is 4.82. The third kappa shape index (κ3) is 3.68. The van der Waals surface area contributed by atoms with Crippen molar-refractivity contribution in [1.29, 1.82) is 0 Å². The van der Waals surface area contributed by atoms with Crippen molar-refractivity contribution in [3.05, 3.63) is 24.0 Å². The maximum absolute atomic E-state index is 12.2. The summed E-state index contributed by atoms with van der Waals surface area (Å²) in [7, 11) is 1.90. The van der Waals surface area contributed by atoms with E-state index < -0.39 is 0 Å². The van der Waals surface area contributed by atoms with E-state index in [1.807, 2.05) is 29.9 Å². The van der Waals surface area contributed by atoms with Crippen molar-refractivity contribution in [2.24, 2.45) is 18.9 Å². The van der Waals surface area contributed by atoms with Crippen LogP contribution in [-0.4, -0.2) is 67.0 Å². The molecule has 1 aromatic heterocycles. The Balaban J connectivity index is 1.22. The number of ether oxygens (including phenoxy) is 2. The highest BCUT2D eigenvalue weighted by atomic mass is 16.5. The zero-order chi connectivity index (χ0) is 18.0. The summed E-state index contributed by atoms with van der Waals surface area (Å²) in [5.41, 5.74) is 0.759. The molecule has 6 heteroatoms. The molecule has 6 nitrogen and oxygen atoms in total. The molecule has 144 valence electrons. The molecular weight excluding hydrogens is 330 g/mol. The van der Waals surface area contributed by atoms with Crippen LogP contribution in [0.4, 0.5) is 0 Å². The SMILES string of the molecule is Cn1cccc1C(=O)NCC[C@@H]1CCOC12CN(CC1CCOCC1)C2. The molecule has 1 atom stereocenters. The summed E-state index contributed by atoms with van der Waals surface area (Å²) in [6.07, 6.45) is 6.40. The van der Waals surface area contributed by atoms with E-state index in [0.29, 0.717) is 11.6 Å². The normalized spacial score (nSPS) is 26.1. The summed E-state index contributed by atoms with van der Waals surface area (Å²) in [4.78, 5) is 14.8. The van der Waals surface area contributed by atoms with E-state index >= 15 is 0 Å². The predicted molar refractivity (Wildman–Crippen MR) is 99.1 cm³/mol. The molecule has 3 fully saturated rings. The molecule has 0 radical (unpaired) electrons. The minimum absolute atomic E-state index is 0.0141. The third-order valence-corrected chi connectivity index (χ3v) is 6.39. The lowest BCUT2D eigenvalue weighted by atomic mass is 9.78. The minimum Gasteiger partial charge on any atom is -0.381 e. The number of carbonyl (C=O) groups excluding carboxylic acids is 1. The first-order valence-corrected chi connectivity index (χ1v) is 10.00. The van der Waals surface area contributed by atoms with E-state index in [-0.39, 0.29) is 11.5 Å². The molecule has 1 amide bonds. The number of carbonyl (C=O) groups is 1. The van der Waals surface area contributed by atoms with Crippen molar-refractivity contribution < 1.29 is 14.3 Å². The second-order valence-corrected chi connectivity index (χ2v) is 8.17. The van der Waals surface area contributed by atoms with Gasteiger partial charge in [0, 0.05) is 59.2 Å². The van der Waals surface area contributed by atoms with E-state index in [1.54, 1.807) is 0 Å². The fraction of sp³-hybridized carbons (Fsp3) is 0.750. The van der Waals surface area contributed by atoms with Gasteiger partial charge in [-0.2, -0.15) is 0 Å². The van der Waals surface area contributed by atoms with Gasteiger partial charge in [-0.3, -0.25) is 9.69 Å². The van der Waals surface area contributed by atoms with Gasteiger partial charge in [0.15, 0.2) is 0 Å². The van der Waals surface area contributed by atoms with Crippen molar-refractivity contribution in [3.8, 4) is 0 Å². The van der Waals surface area contributed by atoms with Crippen LogP contribution in [0.15, 0.2) is 18.3 Å². The highest BCUT2D eigenvalue weighted by Gasteiger charge is 2.52. The fourth-order valence-electron chi connectivity index (χ4n) is 4.82. The summed E-state index contributed by atoms with van der Waals surface area (Å²) in [6.45, 7) is 6.72. The molecule has 26 heavy (non-hydrogen) atoms. The molecule has 0 aromatic carbocycles. The monoisotopic (exact) mass is 361 g/mol. The van der Waals surface area contributed by atoms with Crippen LogP contribution in [0.25, 0.3) is 0 Å². The van der Waals surface area contributed by atoms with Gasteiger partial charge in [-0.25, -0.2) is 0 Å². The van der Waals surface area contributed by atoms with E-state index in [4.69, 9.17) is 9.47 Å². The number of nitrogens with zero attached hydrogens (tertiary/aromatic N) is 2. The number of aromatic nitrogens is 1. The van der Waals surface area contributed by atoms with Gasteiger partial charge >= 0.3 is 0 Å². The standard InChI is InChI=1S/C20H31N3O3/c1-22-9-2-3-18(22)19(24)21-8-4-17-7-12-26-20(17)14-23(15-20)13-16-5-10-25-11-6-16/h2-3,9,16-17H,4-8,10-15H2,1H3,(H,21,24)/t17-/m1/s1. The largest absolute Gasteiger partial charge is 0.381 e. The number of amides is 1. The smallest absolute Gasteiger partial charge is 0.267 e. The molecule has 0 aliphatic carbocycles. The van der Waals surface area contributed by atoms with Crippen LogP contribution < -0.4 is 5.32 Å². The number of nitrogens with one attached hydrogen (secondary N) is 1. The Bertz CT molecular complexity index is 618. The van der Waals surface area contributed by atoms with Crippen LogP contribution in [0.2, 0.25) is 0 Å². The molecule has 3 saturated heterocycles. The lowest BCUT2D eigenvalue weighted by Crippen LogP contribution is -2.65. The Morgan fingerprint density at radius 2 is 2.08 bits per heavy atom. The maximum Gasteiger partial charge on any atom is 0.267 e. The number of hydrogen-bond donors (Lipinski definition) is 1. The van der Waals surface area contributed by atoms with Crippen LogP contribution in [0, 0.1) is 11.8 Å². The van der Waals surface area contributed by atoms with Gasteiger partial charge in [-0.15, -0.1) is 0 Å². The van der Waals surface area contributed by atoms with E-state index in [0.717, 1.165) is 58.2 Å². The first-order valence-electron chi connectivity index (χ1n) is 10.00. The van der Waals surface area contributed by atoms with E-state index in [2.05, 4.69) is 10.2 Å². The summed E-state index contributed by atoms with van der Waals surface area (Å²) in [6, 6.07) is 3.76. The average Bonchev–Trinajstić information content (AvgIpc) is 3.22. The topological polar surface area (TPSA) is 55.7 Å². The quantitative estimate of drug-likeness (QED) is 0.837. The average molecular weight is 361 g/mol. The lowest BCUT2D eigenvalue weighted by molar-refractivity contribution is -0.139. The molecule has 3 aliphatic rings. The van der Waals surface area contributed by atoms with E-state index in [1.165, 1.54) is 19.4 Å². The summed E-state index contributed by atoms with van der Waals surface area (Å²) < 4.78 is 13.5. The molecule has 1 aromatic rings. The number of likely N-dealkylation sites (tertiary alicyclic amines) is 1. The molecule has 3 aliphatic heterocycles. The Morgan fingerprint density at radius 3 is 2.81 bits per heavy atom. The summed E-state index contributed by atoms with van der Waals surface area (Å²) in [5, 5.41) is 3.07. The first kappa shape index (κ1) is 18.0. The van der Waals surface area contributed by atoms with Crippen molar-refractivity contribution in [2.75, 3.05) is 46.0 Å². The molecule has 4 rings (SSSR count). The van der Waals surface area contributed by atoms with Crippen LogP contribution >= 0.6 is 0 Å². The second-order valence-electron chi connectivity index (χ2n) is 8.17. The molecule has 1 spiro atoms. The first-order chi connectivity index (χ1) is 12.7. The molecule has 0 unspecified atom stereocenters. The van der Waals surface area contributed by atoms with Gasteiger partial charge in [0.1, 0.15) is 5.69 Å². The number of hydrogen-bond acceptors (Lipinski definition) is 4. The Kier molecular flexibility index (Phi) is 5.34. The highest BCUT2D eigenvalue weighted by Crippen LogP contribution is 2.42. The molecule has 0 bridgehead atoms. The number of rotatable bonds is 6. The molecule has 1 N–H and O–H groups in total. The van der Waals surface area contributed by atoms with E-state index in [9.17, 15) is 4.79 Å². The van der Waals surface area contributed by atoms with Gasteiger partial charge in [0.25, 0.3) is 5.91 Å². The van der Waals surface area contributed by atoms with Crippen LogP contribution in [0.1, 0.15) is 36.2 Å². The molecular formula is C20H31N3O3. The summed E-state index contributed by atoms with van der Waals surface area (Å²) >= 11 is 0. The highest BCUT2D eigenvalue weighted by molar-refractivity contribution is 5.92. The molecule has 4 heterocycles. The van der Waals surface area contributed by atoms with Gasteiger partial charge in [0.05, 0.1) is 5.60 Å². The van der Waals surface area contributed by atoms with Crippen LogP contribution in [-0.2, 0) is 16.5 Å². The van der Waals surface area contributed by atoms with Gasteiger partial charge in [0.2, 0.25) is 0 Å². The van der Waals surface area contributed by atoms with Crippen molar-refractivity contribution in [3.63, 3.8) is 0 Å². The van der Waals surface area contributed by atoms with Gasteiger partial charge < -0.3 is 19.4 Å². The Labute approximate surface area is 155 Å². The maximum atomic E-state index is 12.2. The zero-order valence-corrected chi connectivity index (χ0v) is 15.8. The predicted octanol–water partition coefficient (Wildman–Crippen LogP) is 1.66. The third-order valence-electron chi connectivity index (χ3n) is 6.39. The number of aryl methyl sites for hydroxylation is 1. The van der Waals surface area contributed by atoms with Crippen LogP contribution in [0.5, 0.6) is 0 Å². The van der Waals surface area contributed by atoms with Gasteiger partial charge in [-0.1, -0.05) is 0 Å². The summed E-state index contributed by atoms with van der Waals surface area (Å²) in [5.74, 6) is 1.35. The second kappa shape index (κ2) is 7.71. The van der Waals surface area contributed by atoms with Crippen molar-refractivity contribution >= 4 is 5.91 Å². The Morgan fingerprint density at radius 1 is 1.27 bits per heavy atom. The minimum atomic E-state index is 0.0141. The van der Waals surface area contributed by atoms with Crippen molar-refractivity contribution in [1.82, 2.24) is 14.8 Å². The zero-order valence-electron chi connectivity index (χ0n) is 15.8. The van der Waals surface area contributed by atoms with Gasteiger partial charge in [-0.05, 0) is 49.7 Å². The lowest BCUT2D eigenvalue weighted by Gasteiger charge is -2.51. The van der Waals surface area contributed by atoms with Crippen LogP contribution in [0.3, 0.4) is 0 Å².